The van der Waals surface area contributed by atoms with E-state index in [1.165, 1.54) is 37.4 Å². The molecule has 0 aromatic rings. The maximum absolute atomic E-state index is 3.65. The zero-order chi connectivity index (χ0) is 9.97. The monoisotopic (exact) mass is 214 g/mol. The first-order valence-corrected chi connectivity index (χ1v) is 6.99. The highest BCUT2D eigenvalue weighted by Crippen LogP contribution is 2.25. The van der Waals surface area contributed by atoms with Crippen LogP contribution in [-0.2, 0) is 0 Å². The molecule has 2 nitrogen and oxygen atoms in total. The summed E-state index contributed by atoms with van der Waals surface area (Å²) in [6.07, 6.45) is 2.76. The first-order valence-electron chi connectivity index (χ1n) is 5.83. The molecule has 2 aliphatic heterocycles. The van der Waals surface area contributed by atoms with Crippen molar-refractivity contribution in [2.75, 3.05) is 24.6 Å². The molecule has 2 fully saturated rings. The van der Waals surface area contributed by atoms with E-state index >= 15 is 0 Å². The highest BCUT2D eigenvalue weighted by atomic mass is 32.2. The van der Waals surface area contributed by atoms with Gasteiger partial charge in [-0.15, -0.1) is 0 Å². The largest absolute Gasteiger partial charge is 0.310 e. The fourth-order valence-corrected chi connectivity index (χ4v) is 3.79. The molecule has 0 amide bonds. The van der Waals surface area contributed by atoms with Crippen molar-refractivity contribution < 1.29 is 0 Å². The second-order valence-electron chi connectivity index (χ2n) is 4.82. The molecule has 2 rings (SSSR count). The lowest BCUT2D eigenvalue weighted by atomic mass is 10.2. The van der Waals surface area contributed by atoms with Crippen LogP contribution in [0.15, 0.2) is 0 Å². The molecule has 14 heavy (non-hydrogen) atoms. The highest BCUT2D eigenvalue weighted by Gasteiger charge is 2.29. The summed E-state index contributed by atoms with van der Waals surface area (Å²) in [5.41, 5.74) is 0. The first-order chi connectivity index (χ1) is 6.75. The summed E-state index contributed by atoms with van der Waals surface area (Å²) < 4.78 is 0. The minimum Gasteiger partial charge on any atom is -0.310 e. The maximum Gasteiger partial charge on any atom is 0.0209 e. The van der Waals surface area contributed by atoms with Crippen molar-refractivity contribution in [3.05, 3.63) is 0 Å². The Morgan fingerprint density at radius 2 is 2.21 bits per heavy atom. The van der Waals surface area contributed by atoms with Crippen LogP contribution in [0.4, 0.5) is 0 Å². The van der Waals surface area contributed by atoms with Crippen LogP contribution in [0.1, 0.15) is 26.7 Å². The highest BCUT2D eigenvalue weighted by molar-refractivity contribution is 7.99. The number of hydrogen-bond donors (Lipinski definition) is 1. The lowest BCUT2D eigenvalue weighted by Crippen LogP contribution is -2.39. The van der Waals surface area contributed by atoms with E-state index in [2.05, 4.69) is 35.8 Å². The van der Waals surface area contributed by atoms with E-state index in [1.807, 2.05) is 0 Å². The molecule has 0 spiro atoms. The fourth-order valence-electron chi connectivity index (χ4n) is 2.54. The van der Waals surface area contributed by atoms with E-state index in [0.717, 1.165) is 12.1 Å². The van der Waals surface area contributed by atoms with Crippen LogP contribution >= 0.6 is 11.8 Å². The number of rotatable bonds is 3. The standard InChI is InChI=1S/C11H22N2S/c1-9(2)12-10-3-5-13(7-10)11-4-6-14-8-11/h9-12H,3-8H2,1-2H3. The molecule has 0 bridgehead atoms. The average Bonchev–Trinajstić information content (AvgIpc) is 2.69. The summed E-state index contributed by atoms with van der Waals surface area (Å²) in [5, 5.41) is 3.65. The predicted molar refractivity (Wildman–Crippen MR) is 64.0 cm³/mol. The van der Waals surface area contributed by atoms with Crippen LogP contribution in [0.5, 0.6) is 0 Å². The number of hydrogen-bond acceptors (Lipinski definition) is 3. The Labute approximate surface area is 91.8 Å². The predicted octanol–water partition coefficient (Wildman–Crippen LogP) is 1.56. The Morgan fingerprint density at radius 3 is 2.86 bits per heavy atom. The van der Waals surface area contributed by atoms with Gasteiger partial charge in [0.25, 0.3) is 0 Å². The van der Waals surface area contributed by atoms with Gasteiger partial charge in [0.1, 0.15) is 0 Å². The molecule has 2 aliphatic rings. The van der Waals surface area contributed by atoms with Crippen molar-refractivity contribution in [2.45, 2.75) is 44.8 Å². The van der Waals surface area contributed by atoms with E-state index in [9.17, 15) is 0 Å². The second kappa shape index (κ2) is 4.86. The van der Waals surface area contributed by atoms with Gasteiger partial charge >= 0.3 is 0 Å². The minimum atomic E-state index is 0.637. The summed E-state index contributed by atoms with van der Waals surface area (Å²) in [5.74, 6) is 2.75. The molecule has 0 aromatic carbocycles. The summed E-state index contributed by atoms with van der Waals surface area (Å²) in [6.45, 7) is 7.08. The van der Waals surface area contributed by atoms with Crippen molar-refractivity contribution in [1.82, 2.24) is 10.2 Å². The zero-order valence-electron chi connectivity index (χ0n) is 9.33. The van der Waals surface area contributed by atoms with Crippen LogP contribution < -0.4 is 5.32 Å². The van der Waals surface area contributed by atoms with Gasteiger partial charge in [-0.25, -0.2) is 0 Å². The molecule has 2 saturated heterocycles. The Hall–Kier alpha value is 0.270. The molecule has 82 valence electrons. The van der Waals surface area contributed by atoms with E-state index in [1.54, 1.807) is 0 Å². The Balaban J connectivity index is 1.76. The maximum atomic E-state index is 3.65. The smallest absolute Gasteiger partial charge is 0.0209 e. The topological polar surface area (TPSA) is 15.3 Å². The molecular weight excluding hydrogens is 192 g/mol. The van der Waals surface area contributed by atoms with Gasteiger partial charge in [-0.3, -0.25) is 4.90 Å². The number of nitrogens with zero attached hydrogens (tertiary/aromatic N) is 1. The lowest BCUT2D eigenvalue weighted by Gasteiger charge is -2.23. The van der Waals surface area contributed by atoms with Crippen molar-refractivity contribution in [2.24, 2.45) is 0 Å². The Morgan fingerprint density at radius 1 is 1.36 bits per heavy atom. The van der Waals surface area contributed by atoms with Crippen molar-refractivity contribution >= 4 is 11.8 Å². The molecule has 2 heterocycles. The van der Waals surface area contributed by atoms with Crippen LogP contribution in [0.3, 0.4) is 0 Å². The van der Waals surface area contributed by atoms with Crippen LogP contribution in [0.2, 0.25) is 0 Å². The van der Waals surface area contributed by atoms with Crippen LogP contribution in [0.25, 0.3) is 0 Å². The van der Waals surface area contributed by atoms with Gasteiger partial charge in [0.05, 0.1) is 0 Å². The summed E-state index contributed by atoms with van der Waals surface area (Å²) in [6, 6.07) is 2.28. The molecular formula is C11H22N2S. The van der Waals surface area contributed by atoms with Gasteiger partial charge in [-0.05, 0) is 18.6 Å². The first kappa shape index (κ1) is 10.8. The fraction of sp³-hybridized carbons (Fsp3) is 1.00. The van der Waals surface area contributed by atoms with Crippen molar-refractivity contribution in [1.29, 1.82) is 0 Å². The van der Waals surface area contributed by atoms with E-state index in [-0.39, 0.29) is 0 Å². The normalized spacial score (nSPS) is 34.5. The molecule has 0 aliphatic carbocycles. The lowest BCUT2D eigenvalue weighted by molar-refractivity contribution is 0.255. The quantitative estimate of drug-likeness (QED) is 0.767. The van der Waals surface area contributed by atoms with Gasteiger partial charge in [0.2, 0.25) is 0 Å². The Kier molecular flexibility index (Phi) is 3.74. The Bertz CT molecular complexity index is 178. The van der Waals surface area contributed by atoms with Gasteiger partial charge in [0, 0.05) is 37.0 Å². The van der Waals surface area contributed by atoms with Gasteiger partial charge in [-0.1, -0.05) is 13.8 Å². The third-order valence-corrected chi connectivity index (χ3v) is 4.36. The van der Waals surface area contributed by atoms with Crippen LogP contribution in [0, 0.1) is 0 Å². The second-order valence-corrected chi connectivity index (χ2v) is 5.97. The van der Waals surface area contributed by atoms with Gasteiger partial charge < -0.3 is 5.32 Å². The van der Waals surface area contributed by atoms with E-state index in [0.29, 0.717) is 6.04 Å². The number of thioether (sulfide) groups is 1. The van der Waals surface area contributed by atoms with Crippen molar-refractivity contribution in [3.8, 4) is 0 Å². The molecule has 0 saturated carbocycles. The van der Waals surface area contributed by atoms with E-state index in [4.69, 9.17) is 0 Å². The third-order valence-electron chi connectivity index (χ3n) is 3.21. The number of likely N-dealkylation sites (tertiary alicyclic amines) is 1. The summed E-state index contributed by atoms with van der Waals surface area (Å²) >= 11 is 2.12. The molecule has 3 heteroatoms. The molecule has 2 atom stereocenters. The molecule has 0 aromatic heterocycles. The zero-order valence-corrected chi connectivity index (χ0v) is 10.1. The molecule has 0 radical (unpaired) electrons. The molecule has 2 unspecified atom stereocenters. The third kappa shape index (κ3) is 2.65. The van der Waals surface area contributed by atoms with Crippen LogP contribution in [-0.4, -0.2) is 47.6 Å². The summed E-state index contributed by atoms with van der Waals surface area (Å²) in [4.78, 5) is 2.69. The average molecular weight is 214 g/mol. The molecule has 1 N–H and O–H groups in total. The van der Waals surface area contributed by atoms with Gasteiger partial charge in [0.15, 0.2) is 0 Å². The van der Waals surface area contributed by atoms with Crippen molar-refractivity contribution in [3.63, 3.8) is 0 Å². The summed E-state index contributed by atoms with van der Waals surface area (Å²) in [7, 11) is 0. The SMILES string of the molecule is CC(C)NC1CCN(C2CCSC2)C1. The number of nitrogens with one attached hydrogen (secondary N) is 1. The van der Waals surface area contributed by atoms with E-state index < -0.39 is 0 Å². The minimum absolute atomic E-state index is 0.637. The van der Waals surface area contributed by atoms with Gasteiger partial charge in [-0.2, -0.15) is 11.8 Å².